The van der Waals surface area contributed by atoms with Gasteiger partial charge >= 0.3 is 0 Å². The fourth-order valence-corrected chi connectivity index (χ4v) is 1.92. The van der Waals surface area contributed by atoms with Crippen molar-refractivity contribution in [1.29, 1.82) is 0 Å². The second-order valence-electron chi connectivity index (χ2n) is 5.84. The molecule has 0 saturated heterocycles. The maximum atomic E-state index is 5.71. The SMILES string of the molecule is CC(N)CCCCCC/C=C/CCCC(C)(N)N. The fourth-order valence-electron chi connectivity index (χ4n) is 1.92. The molecule has 0 heterocycles. The quantitative estimate of drug-likeness (QED) is 0.302. The van der Waals surface area contributed by atoms with Gasteiger partial charge in [0.2, 0.25) is 0 Å². The van der Waals surface area contributed by atoms with E-state index in [-0.39, 0.29) is 0 Å². The number of allylic oxidation sites excluding steroid dienone is 2. The molecular formula is C15H33N3. The molecule has 0 aromatic carbocycles. The summed E-state index contributed by atoms with van der Waals surface area (Å²) in [5.41, 5.74) is 16.6. The van der Waals surface area contributed by atoms with Crippen LogP contribution in [0.2, 0.25) is 0 Å². The molecule has 0 saturated carbocycles. The molecule has 0 radical (unpaired) electrons. The summed E-state index contributed by atoms with van der Waals surface area (Å²) in [5, 5.41) is 0. The minimum Gasteiger partial charge on any atom is -0.328 e. The van der Waals surface area contributed by atoms with Gasteiger partial charge in [0, 0.05) is 6.04 Å². The third kappa shape index (κ3) is 15.6. The smallest absolute Gasteiger partial charge is 0.0607 e. The first-order chi connectivity index (χ1) is 8.42. The number of hydrogen-bond donors (Lipinski definition) is 3. The first-order valence-corrected chi connectivity index (χ1v) is 7.40. The average molecular weight is 255 g/mol. The summed E-state index contributed by atoms with van der Waals surface area (Å²) in [6, 6.07) is 0.362. The minimum absolute atomic E-state index is 0.362. The molecule has 0 spiro atoms. The van der Waals surface area contributed by atoms with E-state index < -0.39 is 5.66 Å². The predicted octanol–water partition coefficient (Wildman–Crippen LogP) is 3.03. The zero-order valence-electron chi connectivity index (χ0n) is 12.3. The van der Waals surface area contributed by atoms with Crippen molar-refractivity contribution in [3.63, 3.8) is 0 Å². The van der Waals surface area contributed by atoms with Crippen molar-refractivity contribution in [1.82, 2.24) is 0 Å². The highest BCUT2D eigenvalue weighted by atomic mass is 14.9. The van der Waals surface area contributed by atoms with E-state index in [1.54, 1.807) is 0 Å². The largest absolute Gasteiger partial charge is 0.328 e. The Hall–Kier alpha value is -0.380. The molecule has 0 aliphatic heterocycles. The van der Waals surface area contributed by atoms with Crippen molar-refractivity contribution in [3.05, 3.63) is 12.2 Å². The number of nitrogens with two attached hydrogens (primary N) is 3. The van der Waals surface area contributed by atoms with Gasteiger partial charge in [0.05, 0.1) is 5.66 Å². The van der Waals surface area contributed by atoms with Gasteiger partial charge in [0.15, 0.2) is 0 Å². The van der Waals surface area contributed by atoms with Crippen LogP contribution in [-0.4, -0.2) is 11.7 Å². The van der Waals surface area contributed by atoms with E-state index in [1.807, 2.05) is 6.92 Å². The van der Waals surface area contributed by atoms with Crippen LogP contribution in [0.15, 0.2) is 12.2 Å². The zero-order valence-corrected chi connectivity index (χ0v) is 12.3. The van der Waals surface area contributed by atoms with Crippen LogP contribution in [0.4, 0.5) is 0 Å². The van der Waals surface area contributed by atoms with Crippen LogP contribution in [0.1, 0.15) is 71.6 Å². The molecule has 0 aliphatic rings. The van der Waals surface area contributed by atoms with Gasteiger partial charge in [0.25, 0.3) is 0 Å². The lowest BCUT2D eigenvalue weighted by Crippen LogP contribution is -2.45. The van der Waals surface area contributed by atoms with Gasteiger partial charge in [0.1, 0.15) is 0 Å². The molecule has 6 N–H and O–H groups in total. The first-order valence-electron chi connectivity index (χ1n) is 7.40. The summed E-state index contributed by atoms with van der Waals surface area (Å²) in [7, 11) is 0. The van der Waals surface area contributed by atoms with Crippen LogP contribution in [0.25, 0.3) is 0 Å². The van der Waals surface area contributed by atoms with E-state index in [0.29, 0.717) is 6.04 Å². The lowest BCUT2D eigenvalue weighted by Gasteiger charge is -2.17. The molecule has 3 nitrogen and oxygen atoms in total. The predicted molar refractivity (Wildman–Crippen MR) is 81.1 cm³/mol. The van der Waals surface area contributed by atoms with Crippen molar-refractivity contribution >= 4 is 0 Å². The van der Waals surface area contributed by atoms with E-state index in [2.05, 4.69) is 19.1 Å². The Bertz CT molecular complexity index is 204. The molecule has 3 heteroatoms. The molecule has 0 fully saturated rings. The molecule has 0 aromatic rings. The van der Waals surface area contributed by atoms with Gasteiger partial charge in [-0.2, -0.15) is 0 Å². The summed E-state index contributed by atoms with van der Waals surface area (Å²) in [5.74, 6) is 0. The third-order valence-electron chi connectivity index (χ3n) is 3.03. The van der Waals surface area contributed by atoms with Crippen molar-refractivity contribution < 1.29 is 0 Å². The van der Waals surface area contributed by atoms with Gasteiger partial charge in [-0.1, -0.05) is 31.4 Å². The molecule has 1 atom stereocenters. The van der Waals surface area contributed by atoms with E-state index in [1.165, 1.54) is 32.1 Å². The molecule has 1 unspecified atom stereocenters. The van der Waals surface area contributed by atoms with Gasteiger partial charge in [-0.05, 0) is 52.4 Å². The summed E-state index contributed by atoms with van der Waals surface area (Å²) in [6.45, 7) is 3.95. The Labute approximate surface area is 113 Å². The van der Waals surface area contributed by atoms with Gasteiger partial charge in [-0.15, -0.1) is 0 Å². The Balaban J connectivity index is 3.19. The summed E-state index contributed by atoms with van der Waals surface area (Å²) in [6.07, 6.45) is 15.2. The maximum absolute atomic E-state index is 5.71. The highest BCUT2D eigenvalue weighted by molar-refractivity contribution is 4.82. The topological polar surface area (TPSA) is 78.1 Å². The van der Waals surface area contributed by atoms with Crippen LogP contribution in [0.3, 0.4) is 0 Å². The first kappa shape index (κ1) is 17.6. The fraction of sp³-hybridized carbons (Fsp3) is 0.867. The Kier molecular flexibility index (Phi) is 10.3. The highest BCUT2D eigenvalue weighted by Gasteiger charge is 2.08. The summed E-state index contributed by atoms with van der Waals surface area (Å²) in [4.78, 5) is 0. The molecule has 108 valence electrons. The number of rotatable bonds is 11. The van der Waals surface area contributed by atoms with Gasteiger partial charge < -0.3 is 17.2 Å². The summed E-state index contributed by atoms with van der Waals surface area (Å²) >= 11 is 0. The summed E-state index contributed by atoms with van der Waals surface area (Å²) < 4.78 is 0. The molecule has 0 aromatic heterocycles. The molecule has 0 rings (SSSR count). The Morgan fingerprint density at radius 3 is 2.06 bits per heavy atom. The second-order valence-corrected chi connectivity index (χ2v) is 5.84. The molecule has 0 bridgehead atoms. The third-order valence-corrected chi connectivity index (χ3v) is 3.03. The molecular weight excluding hydrogens is 222 g/mol. The lowest BCUT2D eigenvalue weighted by molar-refractivity contribution is 0.437. The van der Waals surface area contributed by atoms with Crippen LogP contribution < -0.4 is 17.2 Å². The normalized spacial score (nSPS) is 14.3. The maximum Gasteiger partial charge on any atom is 0.0607 e. The molecule has 0 aliphatic carbocycles. The average Bonchev–Trinajstić information content (AvgIpc) is 2.24. The van der Waals surface area contributed by atoms with E-state index in [0.717, 1.165) is 25.7 Å². The van der Waals surface area contributed by atoms with Gasteiger partial charge in [-0.3, -0.25) is 0 Å². The van der Waals surface area contributed by atoms with E-state index in [9.17, 15) is 0 Å². The van der Waals surface area contributed by atoms with E-state index in [4.69, 9.17) is 17.2 Å². The highest BCUT2D eigenvalue weighted by Crippen LogP contribution is 2.08. The lowest BCUT2D eigenvalue weighted by atomic mass is 10.1. The number of unbranched alkanes of at least 4 members (excludes halogenated alkanes) is 5. The van der Waals surface area contributed by atoms with Crippen molar-refractivity contribution in [2.24, 2.45) is 17.2 Å². The van der Waals surface area contributed by atoms with Crippen molar-refractivity contribution in [2.75, 3.05) is 0 Å². The van der Waals surface area contributed by atoms with E-state index >= 15 is 0 Å². The van der Waals surface area contributed by atoms with Crippen LogP contribution in [-0.2, 0) is 0 Å². The Morgan fingerprint density at radius 2 is 1.50 bits per heavy atom. The van der Waals surface area contributed by atoms with Crippen molar-refractivity contribution in [3.8, 4) is 0 Å². The zero-order chi connectivity index (χ0) is 13.9. The second kappa shape index (κ2) is 10.5. The minimum atomic E-state index is -0.506. The van der Waals surface area contributed by atoms with Crippen LogP contribution in [0.5, 0.6) is 0 Å². The van der Waals surface area contributed by atoms with Crippen LogP contribution in [0, 0.1) is 0 Å². The number of hydrogen-bond acceptors (Lipinski definition) is 3. The van der Waals surface area contributed by atoms with Crippen molar-refractivity contribution in [2.45, 2.75) is 83.3 Å². The molecule has 0 amide bonds. The van der Waals surface area contributed by atoms with Gasteiger partial charge in [-0.25, -0.2) is 0 Å². The van der Waals surface area contributed by atoms with Crippen LogP contribution >= 0.6 is 0 Å². The standard InChI is InChI=1S/C15H33N3/c1-14(16)12-10-8-6-4-3-5-7-9-11-13-15(2,17)18/h5,7,14H,3-4,6,8-13,16-18H2,1-2H3/b7-5+. The monoisotopic (exact) mass is 255 g/mol. The molecule has 18 heavy (non-hydrogen) atoms. The Morgan fingerprint density at radius 1 is 0.944 bits per heavy atom.